The number of nitrogens with zero attached hydrogens (tertiary/aromatic N) is 1. The van der Waals surface area contributed by atoms with E-state index in [1.54, 1.807) is 73.1 Å². The van der Waals surface area contributed by atoms with E-state index in [1.165, 1.54) is 12.1 Å². The van der Waals surface area contributed by atoms with Crippen LogP contribution in [0.1, 0.15) is 29.1 Å². The fourth-order valence-corrected chi connectivity index (χ4v) is 5.98. The minimum absolute atomic E-state index is 0.107. The van der Waals surface area contributed by atoms with Gasteiger partial charge in [0.25, 0.3) is 0 Å². The van der Waals surface area contributed by atoms with Crippen molar-refractivity contribution in [2.45, 2.75) is 30.5 Å². The highest BCUT2D eigenvalue weighted by atomic mass is 32.2. The lowest BCUT2D eigenvalue weighted by Crippen LogP contribution is -2.18. The van der Waals surface area contributed by atoms with E-state index in [0.717, 1.165) is 0 Å². The van der Waals surface area contributed by atoms with E-state index >= 15 is 0 Å². The summed E-state index contributed by atoms with van der Waals surface area (Å²) in [5, 5.41) is -0.682. The number of halogens is 1. The van der Waals surface area contributed by atoms with Crippen LogP contribution < -0.4 is 0 Å². The van der Waals surface area contributed by atoms with E-state index < -0.39 is 26.9 Å². The van der Waals surface area contributed by atoms with Gasteiger partial charge in [0, 0.05) is 34.1 Å². The Morgan fingerprint density at radius 1 is 1.12 bits per heavy atom. The molecule has 8 heteroatoms. The normalized spacial score (nSPS) is 12.7. The first-order valence-electron chi connectivity index (χ1n) is 10.2. The Balaban J connectivity index is 2.01. The number of H-pyrrole nitrogens is 1. The third-order valence-electron chi connectivity index (χ3n) is 5.48. The van der Waals surface area contributed by atoms with Crippen LogP contribution in [0.25, 0.3) is 10.9 Å². The van der Waals surface area contributed by atoms with Crippen LogP contribution >= 0.6 is 0 Å². The van der Waals surface area contributed by atoms with Gasteiger partial charge in [0.15, 0.2) is 9.84 Å². The number of nitrogens with one attached hydrogen (secondary N) is 1. The molecule has 0 aliphatic carbocycles. The molecule has 1 N–H and O–H groups in total. The molecule has 1 unspecified atom stereocenters. The quantitative estimate of drug-likeness (QED) is 0.416. The predicted octanol–water partition coefficient (Wildman–Crippen LogP) is 4.54. The number of ether oxygens (including phenoxy) is 1. The van der Waals surface area contributed by atoms with Crippen molar-refractivity contribution in [1.29, 1.82) is 0 Å². The van der Waals surface area contributed by atoms with Crippen LogP contribution in [0, 0.1) is 12.7 Å². The number of aromatic amines is 1. The molecule has 0 bridgehead atoms. The number of esters is 1. The molecule has 32 heavy (non-hydrogen) atoms. The summed E-state index contributed by atoms with van der Waals surface area (Å²) in [5.41, 5.74) is 2.00. The molecule has 0 saturated heterocycles. The summed E-state index contributed by atoms with van der Waals surface area (Å²) in [6.45, 7) is 3.58. The smallest absolute Gasteiger partial charge is 0.325 e. The van der Waals surface area contributed by atoms with Gasteiger partial charge in [0.1, 0.15) is 17.6 Å². The first-order chi connectivity index (χ1) is 15.3. The second kappa shape index (κ2) is 8.63. The summed E-state index contributed by atoms with van der Waals surface area (Å²) in [4.78, 5) is 15.4. The molecular weight excluding hydrogens is 431 g/mol. The van der Waals surface area contributed by atoms with Crippen LogP contribution in [-0.2, 0) is 25.9 Å². The average molecular weight is 455 g/mol. The van der Waals surface area contributed by atoms with Gasteiger partial charge in [-0.1, -0.05) is 18.2 Å². The molecule has 4 rings (SSSR count). The first-order valence-corrected chi connectivity index (χ1v) is 11.7. The Kier molecular flexibility index (Phi) is 5.88. The highest BCUT2D eigenvalue weighted by Crippen LogP contribution is 2.41. The monoisotopic (exact) mass is 454 g/mol. The molecule has 0 saturated carbocycles. The maximum Gasteiger partial charge on any atom is 0.325 e. The zero-order chi connectivity index (χ0) is 22.9. The van der Waals surface area contributed by atoms with Gasteiger partial charge in [0.2, 0.25) is 0 Å². The zero-order valence-electron chi connectivity index (χ0n) is 17.7. The van der Waals surface area contributed by atoms with Gasteiger partial charge in [-0.3, -0.25) is 4.79 Å². The zero-order valence-corrected chi connectivity index (χ0v) is 18.5. The van der Waals surface area contributed by atoms with Crippen LogP contribution in [0.15, 0.2) is 71.8 Å². The molecule has 6 nitrogen and oxygen atoms in total. The highest BCUT2D eigenvalue weighted by molar-refractivity contribution is 7.92. The molecule has 0 aliphatic rings. The summed E-state index contributed by atoms with van der Waals surface area (Å²) in [6, 6.07) is 15.7. The van der Waals surface area contributed by atoms with E-state index in [9.17, 15) is 17.6 Å². The molecule has 2 aromatic carbocycles. The van der Waals surface area contributed by atoms with Gasteiger partial charge < -0.3 is 14.3 Å². The van der Waals surface area contributed by atoms with E-state index in [0.29, 0.717) is 27.9 Å². The van der Waals surface area contributed by atoms with Crippen molar-refractivity contribution in [3.8, 4) is 0 Å². The lowest BCUT2D eigenvalue weighted by molar-refractivity contribution is -0.143. The topological polar surface area (TPSA) is 81.2 Å². The van der Waals surface area contributed by atoms with Crippen LogP contribution in [0.5, 0.6) is 0 Å². The van der Waals surface area contributed by atoms with Crippen molar-refractivity contribution in [3.05, 3.63) is 89.6 Å². The predicted molar refractivity (Wildman–Crippen MR) is 120 cm³/mol. The van der Waals surface area contributed by atoms with Crippen molar-refractivity contribution in [1.82, 2.24) is 9.55 Å². The minimum Gasteiger partial charge on any atom is -0.465 e. The van der Waals surface area contributed by atoms with Crippen molar-refractivity contribution in [2.24, 2.45) is 0 Å². The van der Waals surface area contributed by atoms with Crippen LogP contribution in [0.3, 0.4) is 0 Å². The number of hydrogen-bond donors (Lipinski definition) is 1. The number of rotatable bonds is 7. The fourth-order valence-electron chi connectivity index (χ4n) is 4.08. The van der Waals surface area contributed by atoms with Gasteiger partial charge in [-0.25, -0.2) is 12.8 Å². The maximum absolute atomic E-state index is 14.3. The largest absolute Gasteiger partial charge is 0.465 e. The molecule has 0 aliphatic heterocycles. The number of aromatic nitrogens is 2. The molecule has 2 aromatic heterocycles. The molecule has 0 amide bonds. The van der Waals surface area contributed by atoms with E-state index in [2.05, 4.69) is 4.98 Å². The van der Waals surface area contributed by atoms with Gasteiger partial charge >= 0.3 is 5.97 Å². The molecule has 1 atom stereocenters. The van der Waals surface area contributed by atoms with Crippen LogP contribution in [0.2, 0.25) is 0 Å². The molecule has 0 radical (unpaired) electrons. The van der Waals surface area contributed by atoms with Gasteiger partial charge in [-0.05, 0) is 56.3 Å². The van der Waals surface area contributed by atoms with E-state index in [1.807, 2.05) is 0 Å². The summed E-state index contributed by atoms with van der Waals surface area (Å²) in [5.74, 6) is -0.944. The lowest BCUT2D eigenvalue weighted by atomic mass is 10.1. The number of hydrogen-bond acceptors (Lipinski definition) is 4. The summed E-state index contributed by atoms with van der Waals surface area (Å²) >= 11 is 0. The second-order valence-corrected chi connectivity index (χ2v) is 9.45. The van der Waals surface area contributed by atoms with Crippen molar-refractivity contribution >= 4 is 26.7 Å². The summed E-state index contributed by atoms with van der Waals surface area (Å²) < 4.78 is 48.7. The molecule has 4 aromatic rings. The van der Waals surface area contributed by atoms with Crippen LogP contribution in [0.4, 0.5) is 4.39 Å². The number of sulfone groups is 1. The molecule has 0 fully saturated rings. The molecule has 2 heterocycles. The van der Waals surface area contributed by atoms with Gasteiger partial charge in [-0.2, -0.15) is 0 Å². The average Bonchev–Trinajstić information content (AvgIpc) is 3.38. The Bertz CT molecular complexity index is 1360. The Morgan fingerprint density at radius 2 is 1.88 bits per heavy atom. The number of carbonyl (C=O) groups is 1. The van der Waals surface area contributed by atoms with Crippen molar-refractivity contribution in [3.63, 3.8) is 0 Å². The van der Waals surface area contributed by atoms with E-state index in [-0.39, 0.29) is 18.0 Å². The summed E-state index contributed by atoms with van der Waals surface area (Å²) in [6.07, 6.45) is 1.65. The lowest BCUT2D eigenvalue weighted by Gasteiger charge is -2.18. The number of benzene rings is 2. The van der Waals surface area contributed by atoms with E-state index in [4.69, 9.17) is 4.74 Å². The fraction of sp³-hybridized carbons (Fsp3) is 0.208. The van der Waals surface area contributed by atoms with Crippen LogP contribution in [-0.4, -0.2) is 30.5 Å². The van der Waals surface area contributed by atoms with Crippen molar-refractivity contribution < 1.29 is 22.3 Å². The maximum atomic E-state index is 14.3. The SMILES string of the molecule is CCOC(=O)Cn1c(C)c(C(c2ccc[nH]2)S(=O)(=O)c2ccccc2)c2cc(F)ccc21. The molecular formula is C24H23FN2O4S. The summed E-state index contributed by atoms with van der Waals surface area (Å²) in [7, 11) is -3.91. The number of carbonyl (C=O) groups excluding carboxylic acids is 1. The minimum atomic E-state index is -3.91. The highest BCUT2D eigenvalue weighted by Gasteiger charge is 2.36. The first kappa shape index (κ1) is 21.8. The molecule has 166 valence electrons. The number of fused-ring (bicyclic) bond motifs is 1. The Labute approximate surface area is 185 Å². The second-order valence-electron chi connectivity index (χ2n) is 7.42. The van der Waals surface area contributed by atoms with Gasteiger partial charge in [-0.15, -0.1) is 0 Å². The van der Waals surface area contributed by atoms with Crippen molar-refractivity contribution in [2.75, 3.05) is 6.61 Å². The standard InChI is InChI=1S/C24H23FN2O4S/c1-3-31-22(28)15-27-16(2)23(19-14-17(25)11-12-21(19)27)24(20-10-7-13-26-20)32(29,30)18-8-5-4-6-9-18/h4-14,24,26H,3,15H2,1-2H3. The Morgan fingerprint density at radius 3 is 2.53 bits per heavy atom. The van der Waals surface area contributed by atoms with Gasteiger partial charge in [0.05, 0.1) is 11.5 Å². The molecule has 0 spiro atoms. The third kappa shape index (κ3) is 3.82. The third-order valence-corrected chi connectivity index (χ3v) is 7.51. The Hall–Kier alpha value is -3.39.